The normalized spacial score (nSPS) is 16.4. The molecule has 7 heteroatoms. The summed E-state index contributed by atoms with van der Waals surface area (Å²) in [6, 6.07) is 13.3. The molecule has 27 heavy (non-hydrogen) atoms. The van der Waals surface area contributed by atoms with Gasteiger partial charge in [-0.15, -0.1) is 11.3 Å². The van der Waals surface area contributed by atoms with Gasteiger partial charge in [-0.1, -0.05) is 30.3 Å². The fourth-order valence-corrected chi connectivity index (χ4v) is 4.73. The summed E-state index contributed by atoms with van der Waals surface area (Å²) in [4.78, 5) is 16.2. The summed E-state index contributed by atoms with van der Waals surface area (Å²) in [6.45, 7) is 3.42. The van der Waals surface area contributed by atoms with Crippen LogP contribution in [0.3, 0.4) is 0 Å². The number of piperazine rings is 1. The SMILES string of the molecule is Cc1ccc(/C=C/C(=O)N2CCN(S(=O)(=O)/C=C/c3ccccc3)CC2)s1. The van der Waals surface area contributed by atoms with E-state index in [9.17, 15) is 13.2 Å². The summed E-state index contributed by atoms with van der Waals surface area (Å²) in [5, 5.41) is 1.23. The maximum absolute atomic E-state index is 12.5. The number of benzene rings is 1. The number of rotatable bonds is 5. The van der Waals surface area contributed by atoms with E-state index in [1.54, 1.807) is 28.4 Å². The molecule has 0 atom stereocenters. The Bertz CT molecular complexity index is 939. The van der Waals surface area contributed by atoms with E-state index in [0.29, 0.717) is 26.2 Å². The topological polar surface area (TPSA) is 57.7 Å². The monoisotopic (exact) mass is 402 g/mol. The number of aryl methyl sites for hydroxylation is 1. The summed E-state index contributed by atoms with van der Waals surface area (Å²) >= 11 is 1.63. The molecule has 2 aromatic rings. The zero-order valence-electron chi connectivity index (χ0n) is 15.1. The van der Waals surface area contributed by atoms with Crippen LogP contribution < -0.4 is 0 Å². The average molecular weight is 403 g/mol. The lowest BCUT2D eigenvalue weighted by Crippen LogP contribution is -2.49. The molecule has 1 amide bonds. The van der Waals surface area contributed by atoms with Crippen LogP contribution in [-0.2, 0) is 14.8 Å². The average Bonchev–Trinajstić information content (AvgIpc) is 3.11. The third-order valence-corrected chi connectivity index (χ3v) is 6.82. The molecule has 1 aromatic carbocycles. The molecule has 5 nitrogen and oxygen atoms in total. The highest BCUT2D eigenvalue weighted by Gasteiger charge is 2.26. The van der Waals surface area contributed by atoms with Crippen LogP contribution in [0, 0.1) is 6.92 Å². The molecule has 3 rings (SSSR count). The first-order valence-electron chi connectivity index (χ1n) is 8.71. The molecule has 2 heterocycles. The van der Waals surface area contributed by atoms with E-state index in [1.165, 1.54) is 14.6 Å². The van der Waals surface area contributed by atoms with Gasteiger partial charge in [0, 0.05) is 47.4 Å². The van der Waals surface area contributed by atoms with E-state index in [-0.39, 0.29) is 5.91 Å². The Morgan fingerprint density at radius 2 is 1.70 bits per heavy atom. The molecule has 0 radical (unpaired) electrons. The fraction of sp³-hybridized carbons (Fsp3) is 0.250. The Labute approximate surface area is 164 Å². The first-order chi connectivity index (χ1) is 12.9. The number of hydrogen-bond donors (Lipinski definition) is 0. The Morgan fingerprint density at radius 3 is 2.33 bits per heavy atom. The molecule has 1 aliphatic rings. The van der Waals surface area contributed by atoms with Gasteiger partial charge >= 0.3 is 0 Å². The lowest BCUT2D eigenvalue weighted by molar-refractivity contribution is -0.127. The molecule has 1 saturated heterocycles. The molecule has 1 aliphatic heterocycles. The van der Waals surface area contributed by atoms with Crippen molar-refractivity contribution in [2.75, 3.05) is 26.2 Å². The highest BCUT2D eigenvalue weighted by Crippen LogP contribution is 2.17. The summed E-state index contributed by atoms with van der Waals surface area (Å²) in [5.41, 5.74) is 0.837. The van der Waals surface area contributed by atoms with Crippen molar-refractivity contribution in [3.63, 3.8) is 0 Å². The van der Waals surface area contributed by atoms with Gasteiger partial charge in [-0.05, 0) is 36.8 Å². The predicted octanol–water partition coefficient (Wildman–Crippen LogP) is 3.21. The van der Waals surface area contributed by atoms with Crippen molar-refractivity contribution < 1.29 is 13.2 Å². The molecular formula is C20H22N2O3S2. The number of thiophene rings is 1. The predicted molar refractivity (Wildman–Crippen MR) is 111 cm³/mol. The molecule has 0 aliphatic carbocycles. The molecular weight excluding hydrogens is 380 g/mol. The molecule has 0 bridgehead atoms. The highest BCUT2D eigenvalue weighted by atomic mass is 32.2. The van der Waals surface area contributed by atoms with Crippen molar-refractivity contribution >= 4 is 39.4 Å². The molecule has 0 unspecified atom stereocenters. The van der Waals surface area contributed by atoms with Gasteiger partial charge < -0.3 is 4.90 Å². The number of carbonyl (C=O) groups excluding carboxylic acids is 1. The number of nitrogens with zero attached hydrogens (tertiary/aromatic N) is 2. The number of carbonyl (C=O) groups is 1. The molecule has 142 valence electrons. The summed E-state index contributed by atoms with van der Waals surface area (Å²) in [7, 11) is -3.48. The minimum Gasteiger partial charge on any atom is -0.337 e. The maximum atomic E-state index is 12.5. The Kier molecular flexibility index (Phi) is 6.26. The van der Waals surface area contributed by atoms with Crippen LogP contribution in [-0.4, -0.2) is 49.7 Å². The Morgan fingerprint density at radius 1 is 1.00 bits per heavy atom. The van der Waals surface area contributed by atoms with Crippen LogP contribution in [0.5, 0.6) is 0 Å². The first kappa shape index (κ1) is 19.5. The van der Waals surface area contributed by atoms with Crippen molar-refractivity contribution in [3.05, 3.63) is 69.3 Å². The first-order valence-corrected chi connectivity index (χ1v) is 11.0. The van der Waals surface area contributed by atoms with Gasteiger partial charge in [-0.2, -0.15) is 4.31 Å². The molecule has 0 spiro atoms. The van der Waals surface area contributed by atoms with Crippen molar-refractivity contribution in [2.24, 2.45) is 0 Å². The largest absolute Gasteiger partial charge is 0.337 e. The van der Waals surface area contributed by atoms with Crippen LogP contribution in [0.2, 0.25) is 0 Å². The van der Waals surface area contributed by atoms with Gasteiger partial charge in [0.25, 0.3) is 0 Å². The van der Waals surface area contributed by atoms with Crippen LogP contribution in [0.4, 0.5) is 0 Å². The highest BCUT2D eigenvalue weighted by molar-refractivity contribution is 7.92. The lowest BCUT2D eigenvalue weighted by Gasteiger charge is -2.32. The molecule has 1 aromatic heterocycles. The van der Waals surface area contributed by atoms with E-state index in [2.05, 4.69) is 0 Å². The van der Waals surface area contributed by atoms with Gasteiger partial charge in [0.15, 0.2) is 0 Å². The van der Waals surface area contributed by atoms with Gasteiger partial charge in [-0.3, -0.25) is 4.79 Å². The Hall–Kier alpha value is -2.22. The van der Waals surface area contributed by atoms with Crippen LogP contribution >= 0.6 is 11.3 Å². The van der Waals surface area contributed by atoms with Crippen LogP contribution in [0.15, 0.2) is 53.9 Å². The fourth-order valence-electron chi connectivity index (χ4n) is 2.78. The molecule has 0 saturated carbocycles. The van der Waals surface area contributed by atoms with Gasteiger partial charge in [0.2, 0.25) is 15.9 Å². The minimum absolute atomic E-state index is 0.0853. The van der Waals surface area contributed by atoms with Gasteiger partial charge in [-0.25, -0.2) is 8.42 Å². The second-order valence-corrected chi connectivity index (χ2v) is 9.40. The smallest absolute Gasteiger partial charge is 0.246 e. The number of sulfonamides is 1. The van der Waals surface area contributed by atoms with Crippen molar-refractivity contribution in [3.8, 4) is 0 Å². The number of amides is 1. The quantitative estimate of drug-likeness (QED) is 0.722. The third-order valence-electron chi connectivity index (χ3n) is 4.29. The van der Waals surface area contributed by atoms with Crippen molar-refractivity contribution in [1.82, 2.24) is 9.21 Å². The van der Waals surface area contributed by atoms with E-state index < -0.39 is 10.0 Å². The van der Waals surface area contributed by atoms with Crippen molar-refractivity contribution in [2.45, 2.75) is 6.92 Å². The molecule has 1 fully saturated rings. The third kappa shape index (κ3) is 5.38. The van der Waals surface area contributed by atoms with E-state index in [1.807, 2.05) is 55.5 Å². The summed E-state index contributed by atoms with van der Waals surface area (Å²) in [5.74, 6) is -0.0853. The standard InChI is InChI=1S/C20H22N2O3S2/c1-17-7-8-19(26-17)9-10-20(23)21-12-14-22(15-13-21)27(24,25)16-11-18-5-3-2-4-6-18/h2-11,16H,12-15H2,1H3/b10-9+,16-11+. The second-order valence-electron chi connectivity index (χ2n) is 6.26. The number of hydrogen-bond acceptors (Lipinski definition) is 4. The van der Waals surface area contributed by atoms with Crippen LogP contribution in [0.1, 0.15) is 15.3 Å². The summed E-state index contributed by atoms with van der Waals surface area (Å²) in [6.07, 6.45) is 4.97. The van der Waals surface area contributed by atoms with Gasteiger partial charge in [0.05, 0.1) is 0 Å². The van der Waals surface area contributed by atoms with Gasteiger partial charge in [0.1, 0.15) is 0 Å². The maximum Gasteiger partial charge on any atom is 0.246 e. The second kappa shape index (κ2) is 8.65. The summed E-state index contributed by atoms with van der Waals surface area (Å²) < 4.78 is 26.4. The zero-order chi connectivity index (χ0) is 19.3. The molecule has 0 N–H and O–H groups in total. The zero-order valence-corrected chi connectivity index (χ0v) is 16.7. The van der Waals surface area contributed by atoms with Crippen LogP contribution in [0.25, 0.3) is 12.2 Å². The lowest BCUT2D eigenvalue weighted by atomic mass is 10.2. The van der Waals surface area contributed by atoms with E-state index in [0.717, 1.165) is 10.4 Å². The van der Waals surface area contributed by atoms with E-state index >= 15 is 0 Å². The van der Waals surface area contributed by atoms with E-state index in [4.69, 9.17) is 0 Å². The Balaban J connectivity index is 1.55. The van der Waals surface area contributed by atoms with Crippen molar-refractivity contribution in [1.29, 1.82) is 0 Å². The minimum atomic E-state index is -3.48.